The fourth-order valence-corrected chi connectivity index (χ4v) is 5.87. The Morgan fingerprint density at radius 1 is 1.00 bits per heavy atom. The number of ether oxygens (including phenoxy) is 1. The van der Waals surface area contributed by atoms with Crippen LogP contribution in [0, 0.1) is 0 Å². The molecule has 170 valence electrons. The lowest BCUT2D eigenvalue weighted by Gasteiger charge is -2.44. The first-order chi connectivity index (χ1) is 16.0. The molecule has 3 amide bonds. The fourth-order valence-electron chi connectivity index (χ4n) is 4.77. The van der Waals surface area contributed by atoms with Crippen LogP contribution in [0.5, 0.6) is 0 Å². The third-order valence-corrected chi connectivity index (χ3v) is 7.61. The van der Waals surface area contributed by atoms with E-state index in [1.165, 1.54) is 16.7 Å². The maximum absolute atomic E-state index is 13.3. The van der Waals surface area contributed by atoms with Crippen molar-refractivity contribution in [1.82, 2.24) is 0 Å². The van der Waals surface area contributed by atoms with Crippen LogP contribution in [0.1, 0.15) is 32.1 Å². The number of fused-ring (bicyclic) bond motifs is 2. The van der Waals surface area contributed by atoms with Gasteiger partial charge in [0, 0.05) is 4.90 Å². The van der Waals surface area contributed by atoms with Gasteiger partial charge in [-0.15, -0.1) is 11.8 Å². The summed E-state index contributed by atoms with van der Waals surface area (Å²) in [6.45, 7) is -0.488. The average molecular weight is 466 g/mol. The Hall–Kier alpha value is -3.33. The molecule has 1 spiro atoms. The predicted molar refractivity (Wildman–Crippen MR) is 124 cm³/mol. The minimum absolute atomic E-state index is 0.152. The van der Waals surface area contributed by atoms with Crippen molar-refractivity contribution in [2.75, 3.05) is 22.1 Å². The molecular weight excluding hydrogens is 442 g/mol. The van der Waals surface area contributed by atoms with Crippen LogP contribution in [0.15, 0.2) is 53.4 Å². The van der Waals surface area contributed by atoms with Crippen molar-refractivity contribution < 1.29 is 23.9 Å². The highest BCUT2D eigenvalue weighted by atomic mass is 32.2. The normalized spacial score (nSPS) is 20.5. The number of carbonyl (C=O) groups is 4. The highest BCUT2D eigenvalue weighted by Gasteiger charge is 2.52. The molecule has 8 nitrogen and oxygen atoms in total. The number of nitrogens with zero attached hydrogens (tertiary/aromatic N) is 1. The molecule has 2 aromatic carbocycles. The third-order valence-electron chi connectivity index (χ3n) is 6.34. The van der Waals surface area contributed by atoms with Gasteiger partial charge in [0.2, 0.25) is 5.91 Å². The van der Waals surface area contributed by atoms with Gasteiger partial charge in [0.05, 0.1) is 28.7 Å². The van der Waals surface area contributed by atoms with Crippen molar-refractivity contribution in [2.45, 2.75) is 47.8 Å². The van der Waals surface area contributed by atoms with Crippen molar-refractivity contribution in [3.63, 3.8) is 0 Å². The van der Waals surface area contributed by atoms with Crippen molar-refractivity contribution in [1.29, 1.82) is 0 Å². The number of carbonyl (C=O) groups excluding carboxylic acids is 4. The van der Waals surface area contributed by atoms with Crippen LogP contribution in [0.4, 0.5) is 17.1 Å². The molecule has 33 heavy (non-hydrogen) atoms. The van der Waals surface area contributed by atoms with Crippen molar-refractivity contribution in [3.8, 4) is 0 Å². The van der Waals surface area contributed by atoms with Gasteiger partial charge in [0.1, 0.15) is 5.54 Å². The summed E-state index contributed by atoms with van der Waals surface area (Å²) >= 11 is 1.30. The van der Waals surface area contributed by atoms with Crippen LogP contribution >= 0.6 is 11.8 Å². The summed E-state index contributed by atoms with van der Waals surface area (Å²) in [5.41, 5.74) is 0.935. The summed E-state index contributed by atoms with van der Waals surface area (Å²) in [4.78, 5) is 53.5. The summed E-state index contributed by atoms with van der Waals surface area (Å²) in [6, 6.07) is 14.5. The minimum atomic E-state index is -0.958. The van der Waals surface area contributed by atoms with E-state index < -0.39 is 29.3 Å². The van der Waals surface area contributed by atoms with E-state index in [1.807, 2.05) is 24.3 Å². The van der Waals surface area contributed by atoms with Crippen LogP contribution < -0.4 is 15.5 Å². The molecule has 1 aliphatic carbocycles. The molecule has 3 aliphatic rings. The van der Waals surface area contributed by atoms with Crippen molar-refractivity contribution in [2.24, 2.45) is 0 Å². The molecule has 1 unspecified atom stereocenters. The number of esters is 1. The maximum Gasteiger partial charge on any atom is 0.307 e. The maximum atomic E-state index is 13.3. The number of rotatable bonds is 4. The van der Waals surface area contributed by atoms with E-state index in [0.29, 0.717) is 24.2 Å². The van der Waals surface area contributed by atoms with Crippen LogP contribution in [-0.2, 0) is 23.9 Å². The molecule has 0 aromatic heterocycles. The second kappa shape index (κ2) is 8.55. The second-order valence-corrected chi connectivity index (χ2v) is 9.64. The zero-order chi connectivity index (χ0) is 23.0. The van der Waals surface area contributed by atoms with Gasteiger partial charge >= 0.3 is 5.97 Å². The monoisotopic (exact) mass is 465 g/mol. The Bertz CT molecular complexity index is 1140. The summed E-state index contributed by atoms with van der Waals surface area (Å²) in [7, 11) is 0. The molecule has 0 bridgehead atoms. The molecule has 0 radical (unpaired) electrons. The Morgan fingerprint density at radius 2 is 1.70 bits per heavy atom. The Balaban J connectivity index is 1.28. The molecule has 2 aliphatic heterocycles. The van der Waals surface area contributed by atoms with Crippen LogP contribution in [0.25, 0.3) is 0 Å². The molecule has 2 aromatic rings. The fraction of sp³-hybridized carbons (Fsp3) is 0.333. The number of nitrogens with one attached hydrogen (secondary N) is 2. The molecule has 1 atom stereocenters. The van der Waals surface area contributed by atoms with Gasteiger partial charge in [-0.2, -0.15) is 0 Å². The molecule has 1 fully saturated rings. The summed E-state index contributed by atoms with van der Waals surface area (Å²) in [6.07, 6.45) is 2.65. The molecule has 0 saturated heterocycles. The Labute approximate surface area is 195 Å². The quantitative estimate of drug-likeness (QED) is 0.671. The standard InChI is InChI=1S/C24H23N3O5S/c28-20(14-32-21(29)13-19-22(30)25-16-8-2-4-10-18(16)33-19)27-17-9-3-1-7-15(17)26-23(31)24(27)11-5-6-12-24/h1-4,7-10,19H,5-6,11-14H2,(H,25,30)(H,26,31). The van der Waals surface area contributed by atoms with Crippen molar-refractivity contribution in [3.05, 3.63) is 48.5 Å². The smallest absolute Gasteiger partial charge is 0.307 e. The molecule has 2 heterocycles. The number of hydrogen-bond donors (Lipinski definition) is 2. The van der Waals surface area contributed by atoms with Crippen molar-refractivity contribution >= 4 is 52.5 Å². The first kappa shape index (κ1) is 21.5. The van der Waals surface area contributed by atoms with Crippen LogP contribution in [0.3, 0.4) is 0 Å². The highest BCUT2D eigenvalue weighted by molar-refractivity contribution is 8.01. The topological polar surface area (TPSA) is 105 Å². The molecular formula is C24H23N3O5S. The van der Waals surface area contributed by atoms with Gasteiger partial charge < -0.3 is 15.4 Å². The first-order valence-electron chi connectivity index (χ1n) is 10.9. The number of hydrogen-bond acceptors (Lipinski definition) is 6. The number of anilines is 3. The van der Waals surface area contributed by atoms with E-state index in [1.54, 1.807) is 24.3 Å². The van der Waals surface area contributed by atoms with Gasteiger partial charge in [-0.25, -0.2) is 0 Å². The van der Waals surface area contributed by atoms with Crippen LogP contribution in [0.2, 0.25) is 0 Å². The van der Waals surface area contributed by atoms with Crippen LogP contribution in [-0.4, -0.2) is 41.1 Å². The molecule has 1 saturated carbocycles. The van der Waals surface area contributed by atoms with E-state index in [0.717, 1.165) is 23.4 Å². The van der Waals surface area contributed by atoms with Gasteiger partial charge in [0.25, 0.3) is 11.8 Å². The van der Waals surface area contributed by atoms with E-state index in [2.05, 4.69) is 10.6 Å². The largest absolute Gasteiger partial charge is 0.456 e. The van der Waals surface area contributed by atoms with Gasteiger partial charge in [-0.05, 0) is 37.1 Å². The summed E-state index contributed by atoms with van der Waals surface area (Å²) in [5.74, 6) is -1.55. The third kappa shape index (κ3) is 3.86. The van der Waals surface area contributed by atoms with E-state index in [9.17, 15) is 19.2 Å². The Morgan fingerprint density at radius 3 is 2.48 bits per heavy atom. The zero-order valence-corrected chi connectivity index (χ0v) is 18.7. The SMILES string of the molecule is O=C(CC1Sc2ccccc2NC1=O)OCC(=O)N1c2ccccc2NC(=O)C12CCCC2. The Kier molecular flexibility index (Phi) is 5.57. The van der Waals surface area contributed by atoms with Gasteiger partial charge in [-0.1, -0.05) is 37.1 Å². The van der Waals surface area contributed by atoms with E-state index >= 15 is 0 Å². The first-order valence-corrected chi connectivity index (χ1v) is 11.8. The summed E-state index contributed by atoms with van der Waals surface area (Å²) in [5, 5.41) is 5.08. The number of benzene rings is 2. The average Bonchev–Trinajstić information content (AvgIpc) is 3.29. The lowest BCUT2D eigenvalue weighted by molar-refractivity contribution is -0.148. The second-order valence-electron chi connectivity index (χ2n) is 8.40. The number of para-hydroxylation sites is 3. The minimum Gasteiger partial charge on any atom is -0.456 e. The summed E-state index contributed by atoms with van der Waals surface area (Å²) < 4.78 is 5.29. The molecule has 9 heteroatoms. The lowest BCUT2D eigenvalue weighted by Crippen LogP contribution is -2.61. The van der Waals surface area contributed by atoms with E-state index in [4.69, 9.17) is 4.74 Å². The zero-order valence-electron chi connectivity index (χ0n) is 17.8. The number of thioether (sulfide) groups is 1. The van der Waals surface area contributed by atoms with Gasteiger partial charge in [0.15, 0.2) is 6.61 Å². The predicted octanol–water partition coefficient (Wildman–Crippen LogP) is 3.33. The number of amides is 3. The van der Waals surface area contributed by atoms with Gasteiger partial charge in [-0.3, -0.25) is 24.1 Å². The molecule has 5 rings (SSSR count). The lowest BCUT2D eigenvalue weighted by atomic mass is 9.90. The molecule has 2 N–H and O–H groups in total. The highest BCUT2D eigenvalue weighted by Crippen LogP contribution is 2.45. The van der Waals surface area contributed by atoms with E-state index in [-0.39, 0.29) is 18.2 Å².